The Kier molecular flexibility index (Phi) is 11.9. The molecule has 6 rings (SSSR count). The van der Waals surface area contributed by atoms with Crippen LogP contribution in [0, 0.1) is 0 Å². The van der Waals surface area contributed by atoms with Crippen LogP contribution in [0.5, 0.6) is 0 Å². The maximum atomic E-state index is 11.3. The Labute approximate surface area is 273 Å². The number of aliphatic hydroxyl groups excluding tert-OH is 2. The fraction of sp³-hybridized carbons (Fsp3) is 0.588. The van der Waals surface area contributed by atoms with Crippen LogP contribution in [0.4, 0.5) is 0 Å². The van der Waals surface area contributed by atoms with E-state index in [2.05, 4.69) is 16.6 Å². The van der Waals surface area contributed by atoms with Crippen molar-refractivity contribution in [2.45, 2.75) is 106 Å². The van der Waals surface area contributed by atoms with Crippen molar-refractivity contribution in [2.24, 2.45) is 5.11 Å². The van der Waals surface area contributed by atoms with E-state index in [1.165, 1.54) is 0 Å². The molecule has 4 aliphatic heterocycles. The molecule has 4 heterocycles. The van der Waals surface area contributed by atoms with Crippen molar-refractivity contribution >= 4 is 0 Å². The average molecular weight is 654 g/mol. The summed E-state index contributed by atoms with van der Waals surface area (Å²) in [4.78, 5) is 3.08. The van der Waals surface area contributed by atoms with Crippen molar-refractivity contribution in [2.75, 3.05) is 19.8 Å². The molecular weight excluding hydrogens is 610 g/mol. The highest BCUT2D eigenvalue weighted by atomic mass is 16.8. The van der Waals surface area contributed by atoms with Crippen molar-refractivity contribution in [1.29, 1.82) is 0 Å². The van der Waals surface area contributed by atoms with Gasteiger partial charge in [0.1, 0.15) is 48.8 Å². The van der Waals surface area contributed by atoms with Crippen LogP contribution in [0.2, 0.25) is 0 Å². The largest absolute Gasteiger partial charge is 0.387 e. The predicted molar refractivity (Wildman–Crippen MR) is 166 cm³/mol. The Morgan fingerprint density at radius 2 is 1.38 bits per heavy atom. The highest BCUT2D eigenvalue weighted by Crippen LogP contribution is 2.40. The number of rotatable bonds is 13. The zero-order chi connectivity index (χ0) is 32.6. The molecule has 13 nitrogen and oxygen atoms in total. The number of azide groups is 1. The third-order valence-electron chi connectivity index (χ3n) is 8.84. The second kappa shape index (κ2) is 16.5. The molecule has 0 aromatic heterocycles. The molecule has 0 bridgehead atoms. The maximum absolute atomic E-state index is 11.3. The van der Waals surface area contributed by atoms with Gasteiger partial charge < -0.3 is 48.1 Å². The lowest BCUT2D eigenvalue weighted by atomic mass is 9.94. The molecule has 4 fully saturated rings. The average Bonchev–Trinajstić information content (AvgIpc) is 3.11. The van der Waals surface area contributed by atoms with Gasteiger partial charge in [0.2, 0.25) is 0 Å². The Balaban J connectivity index is 1.19. The summed E-state index contributed by atoms with van der Waals surface area (Å²) in [6.45, 7) is 4.38. The summed E-state index contributed by atoms with van der Waals surface area (Å²) in [5.74, 6) is 0. The number of benzene rings is 2. The van der Waals surface area contributed by atoms with Gasteiger partial charge in [-0.1, -0.05) is 84.7 Å². The Bertz CT molecular complexity index is 1320. The minimum absolute atomic E-state index is 0.0897. The fourth-order valence-electron chi connectivity index (χ4n) is 6.38. The van der Waals surface area contributed by atoms with Gasteiger partial charge in [0.15, 0.2) is 25.2 Å². The predicted octanol–water partition coefficient (Wildman–Crippen LogP) is 4.60. The molecule has 0 amide bonds. The van der Waals surface area contributed by atoms with Crippen LogP contribution in [0.15, 0.2) is 78.4 Å². The monoisotopic (exact) mass is 653 g/mol. The summed E-state index contributed by atoms with van der Waals surface area (Å²) >= 11 is 0. The molecule has 13 heteroatoms. The van der Waals surface area contributed by atoms with Gasteiger partial charge in [-0.2, -0.15) is 0 Å². The maximum Gasteiger partial charge on any atom is 0.187 e. The number of aliphatic hydroxyl groups is 2. The molecule has 12 atom stereocenters. The van der Waals surface area contributed by atoms with Crippen LogP contribution in [-0.4, -0.2) is 91.4 Å². The minimum Gasteiger partial charge on any atom is -0.387 e. The normalized spacial score (nSPS) is 36.8. The van der Waals surface area contributed by atoms with Gasteiger partial charge in [-0.05, 0) is 24.8 Å². The summed E-state index contributed by atoms with van der Waals surface area (Å²) in [6, 6.07) is 17.7. The van der Waals surface area contributed by atoms with E-state index in [4.69, 9.17) is 37.9 Å². The Morgan fingerprint density at radius 3 is 2.02 bits per heavy atom. The standard InChI is InChI=1S/C34H43N3O10/c1-2-3-4-5-6-13-18-40-33-25(36-37-35)30(29-24(43-33)20-42-32(46-29)22-16-11-8-12-17-22)47-34-27(39)26(38)28-23(44-34)19-41-31(45-28)21-14-9-7-10-15-21/h2,7-12,14-17,23-34,38-39H,1,3-6,13,18-20H2/t23-,24-,25-,26-,27-,28+,29+,30-,31?,32?,33+,34+/m1/s1. The summed E-state index contributed by atoms with van der Waals surface area (Å²) in [6.07, 6.45) is -3.97. The lowest BCUT2D eigenvalue weighted by molar-refractivity contribution is -0.393. The van der Waals surface area contributed by atoms with Crippen LogP contribution in [0.1, 0.15) is 55.8 Å². The number of hydrogen-bond acceptors (Lipinski definition) is 11. The van der Waals surface area contributed by atoms with Crippen LogP contribution < -0.4 is 0 Å². The molecule has 2 aromatic carbocycles. The number of nitrogens with zero attached hydrogens (tertiary/aromatic N) is 3. The third kappa shape index (κ3) is 8.05. The van der Waals surface area contributed by atoms with Gasteiger partial charge >= 0.3 is 0 Å². The van der Waals surface area contributed by atoms with Crippen molar-refractivity contribution in [3.8, 4) is 0 Å². The van der Waals surface area contributed by atoms with E-state index >= 15 is 0 Å². The highest BCUT2D eigenvalue weighted by molar-refractivity contribution is 5.18. The van der Waals surface area contributed by atoms with Gasteiger partial charge in [0.05, 0.1) is 13.2 Å². The fourth-order valence-corrected chi connectivity index (χ4v) is 6.38. The molecule has 4 aliphatic rings. The lowest BCUT2D eigenvalue weighted by Crippen LogP contribution is -2.66. The van der Waals surface area contributed by atoms with E-state index < -0.39 is 73.9 Å². The van der Waals surface area contributed by atoms with Gasteiger partial charge in [-0.3, -0.25) is 0 Å². The van der Waals surface area contributed by atoms with Crippen molar-refractivity contribution in [1.82, 2.24) is 0 Å². The first-order chi connectivity index (χ1) is 23.1. The number of allylic oxidation sites excluding steroid dienone is 1. The first-order valence-electron chi connectivity index (χ1n) is 16.3. The molecule has 4 saturated heterocycles. The molecule has 0 saturated carbocycles. The van der Waals surface area contributed by atoms with Crippen LogP contribution >= 0.6 is 0 Å². The molecule has 254 valence electrons. The van der Waals surface area contributed by atoms with E-state index in [1.807, 2.05) is 66.7 Å². The molecule has 0 radical (unpaired) electrons. The van der Waals surface area contributed by atoms with E-state index in [0.717, 1.165) is 43.2 Å². The summed E-state index contributed by atoms with van der Waals surface area (Å²) in [5.41, 5.74) is 11.2. The van der Waals surface area contributed by atoms with Gasteiger partial charge in [-0.25, -0.2) is 0 Å². The first-order valence-corrected chi connectivity index (χ1v) is 16.3. The quantitative estimate of drug-likeness (QED) is 0.103. The Morgan fingerprint density at radius 1 is 0.787 bits per heavy atom. The minimum atomic E-state index is -1.50. The molecular formula is C34H43N3O10. The van der Waals surface area contributed by atoms with E-state index in [-0.39, 0.29) is 13.2 Å². The van der Waals surface area contributed by atoms with Crippen LogP contribution in [-0.2, 0) is 37.9 Å². The zero-order valence-electron chi connectivity index (χ0n) is 26.1. The highest BCUT2D eigenvalue weighted by Gasteiger charge is 2.55. The van der Waals surface area contributed by atoms with E-state index in [1.54, 1.807) is 0 Å². The van der Waals surface area contributed by atoms with Crippen LogP contribution in [0.3, 0.4) is 0 Å². The molecule has 0 aliphatic carbocycles. The molecule has 2 aromatic rings. The molecule has 0 spiro atoms. The zero-order valence-corrected chi connectivity index (χ0v) is 26.1. The number of fused-ring (bicyclic) bond motifs is 2. The second-order valence-electron chi connectivity index (χ2n) is 12.1. The van der Waals surface area contributed by atoms with Gasteiger partial charge in [0, 0.05) is 22.6 Å². The topological polar surface area (TPSA) is 163 Å². The molecule has 2 unspecified atom stereocenters. The number of hydrogen-bond donors (Lipinski definition) is 2. The second-order valence-corrected chi connectivity index (χ2v) is 12.1. The Hall–Kier alpha value is -2.91. The molecule has 47 heavy (non-hydrogen) atoms. The van der Waals surface area contributed by atoms with Crippen molar-refractivity contribution in [3.05, 3.63) is 94.9 Å². The molecule has 2 N–H and O–H groups in total. The van der Waals surface area contributed by atoms with E-state index in [9.17, 15) is 15.7 Å². The smallest absolute Gasteiger partial charge is 0.187 e. The van der Waals surface area contributed by atoms with E-state index in [0.29, 0.717) is 6.61 Å². The van der Waals surface area contributed by atoms with Crippen molar-refractivity contribution in [3.63, 3.8) is 0 Å². The number of ether oxygens (including phenoxy) is 8. The van der Waals surface area contributed by atoms with Gasteiger partial charge in [-0.15, -0.1) is 6.58 Å². The summed E-state index contributed by atoms with van der Waals surface area (Å²) in [7, 11) is 0. The third-order valence-corrected chi connectivity index (χ3v) is 8.84. The SMILES string of the molecule is C=CCCCCCCO[C@H]1O[C@@H]2COC(c3ccccc3)O[C@@H]2[C@H](O[C@@H]2O[C@@H]3COC(c4ccccc4)O[C@@H]3[C@H](O)[C@H]2O)[C@H]1N=[N+]=[N-]. The van der Waals surface area contributed by atoms with Crippen molar-refractivity contribution < 1.29 is 48.1 Å². The summed E-state index contributed by atoms with van der Waals surface area (Å²) < 4.78 is 49.4. The van der Waals surface area contributed by atoms with Crippen LogP contribution in [0.25, 0.3) is 10.4 Å². The summed E-state index contributed by atoms with van der Waals surface area (Å²) in [5, 5.41) is 26.5. The van der Waals surface area contributed by atoms with Gasteiger partial charge in [0.25, 0.3) is 0 Å². The lowest BCUT2D eigenvalue weighted by Gasteiger charge is -2.51. The number of unbranched alkanes of at least 4 members (excludes halogenated alkanes) is 4. The first kappa shape index (κ1) is 34.0.